The monoisotopic (exact) mass is 341 g/mol. The molecule has 1 aromatic carbocycles. The van der Waals surface area contributed by atoms with Crippen molar-refractivity contribution in [3.8, 4) is 0 Å². The first kappa shape index (κ1) is 18.4. The van der Waals surface area contributed by atoms with E-state index in [9.17, 15) is 14.4 Å². The molecule has 2 rings (SSSR count). The fraction of sp³-hybridized carbons (Fsp3) is 0.316. The minimum absolute atomic E-state index is 0.0409. The van der Waals surface area contributed by atoms with Crippen LogP contribution >= 0.6 is 0 Å². The molecule has 1 heterocycles. The van der Waals surface area contributed by atoms with Gasteiger partial charge in [0.25, 0.3) is 5.56 Å². The third-order valence-electron chi connectivity index (χ3n) is 4.06. The van der Waals surface area contributed by atoms with Crippen molar-refractivity contribution in [2.45, 2.75) is 26.2 Å². The number of nitrogens with one attached hydrogen (secondary N) is 2. The molecule has 2 N–H and O–H groups in total. The summed E-state index contributed by atoms with van der Waals surface area (Å²) in [5, 5.41) is 0. The Labute approximate surface area is 146 Å². The molecule has 6 nitrogen and oxygen atoms in total. The summed E-state index contributed by atoms with van der Waals surface area (Å²) >= 11 is 0. The van der Waals surface area contributed by atoms with E-state index in [0.717, 1.165) is 12.0 Å². The average molecular weight is 341 g/mol. The zero-order valence-corrected chi connectivity index (χ0v) is 14.4. The van der Waals surface area contributed by atoms with Crippen molar-refractivity contribution in [2.24, 2.45) is 0 Å². The van der Waals surface area contributed by atoms with Crippen LogP contribution in [0.4, 0.5) is 0 Å². The Balaban J connectivity index is 1.99. The van der Waals surface area contributed by atoms with Crippen LogP contribution < -0.4 is 11.2 Å². The van der Waals surface area contributed by atoms with Gasteiger partial charge in [-0.25, -0.2) is 4.79 Å². The Morgan fingerprint density at radius 3 is 2.52 bits per heavy atom. The Morgan fingerprint density at radius 1 is 1.16 bits per heavy atom. The zero-order valence-electron chi connectivity index (χ0n) is 14.4. The predicted octanol–water partition coefficient (Wildman–Crippen LogP) is 1.56. The normalized spacial score (nSPS) is 10.4. The van der Waals surface area contributed by atoms with E-state index in [-0.39, 0.29) is 18.7 Å². The highest BCUT2D eigenvalue weighted by atomic mass is 16.2. The van der Waals surface area contributed by atoms with Crippen LogP contribution in [0.1, 0.15) is 23.2 Å². The van der Waals surface area contributed by atoms with Gasteiger partial charge in [-0.2, -0.15) is 0 Å². The number of aromatic nitrogens is 2. The maximum absolute atomic E-state index is 12.5. The standard InChI is InChI=1S/C19H23N3O3/c1-3-12-22(13-11-15-7-5-4-6-8-15)17(23)10-9-16-14(2)20-19(25)21-18(16)24/h3-8H,1,9-13H2,2H3,(H2,20,21,24,25). The van der Waals surface area contributed by atoms with Gasteiger partial charge in [0.2, 0.25) is 5.91 Å². The minimum atomic E-state index is -0.534. The summed E-state index contributed by atoms with van der Waals surface area (Å²) in [7, 11) is 0. The summed E-state index contributed by atoms with van der Waals surface area (Å²) in [5.41, 5.74) is 1.13. The number of carbonyl (C=O) groups is 1. The first-order valence-electron chi connectivity index (χ1n) is 8.26. The van der Waals surface area contributed by atoms with E-state index < -0.39 is 11.2 Å². The van der Waals surface area contributed by atoms with E-state index in [1.165, 1.54) is 0 Å². The molecule has 2 aromatic rings. The van der Waals surface area contributed by atoms with Gasteiger partial charge in [-0.1, -0.05) is 36.4 Å². The van der Waals surface area contributed by atoms with Crippen molar-refractivity contribution < 1.29 is 4.79 Å². The molecule has 0 aliphatic carbocycles. The lowest BCUT2D eigenvalue weighted by atomic mass is 10.1. The Kier molecular flexibility index (Phi) is 6.51. The van der Waals surface area contributed by atoms with Gasteiger partial charge in [-0.15, -0.1) is 6.58 Å². The van der Waals surface area contributed by atoms with E-state index in [1.54, 1.807) is 17.9 Å². The molecule has 1 aromatic heterocycles. The highest BCUT2D eigenvalue weighted by Gasteiger charge is 2.14. The summed E-state index contributed by atoms with van der Waals surface area (Å²) in [6.45, 7) is 6.42. The van der Waals surface area contributed by atoms with Gasteiger partial charge in [-0.3, -0.25) is 14.6 Å². The molecule has 0 unspecified atom stereocenters. The largest absolute Gasteiger partial charge is 0.339 e. The van der Waals surface area contributed by atoms with Gasteiger partial charge in [0.1, 0.15) is 0 Å². The fourth-order valence-electron chi connectivity index (χ4n) is 2.70. The van der Waals surface area contributed by atoms with Crippen LogP contribution in [0.5, 0.6) is 0 Å². The highest BCUT2D eigenvalue weighted by molar-refractivity contribution is 5.76. The predicted molar refractivity (Wildman–Crippen MR) is 97.7 cm³/mol. The number of benzene rings is 1. The lowest BCUT2D eigenvalue weighted by molar-refractivity contribution is -0.130. The Bertz CT molecular complexity index is 837. The summed E-state index contributed by atoms with van der Waals surface area (Å²) < 4.78 is 0. The van der Waals surface area contributed by atoms with Gasteiger partial charge >= 0.3 is 5.69 Å². The number of amides is 1. The van der Waals surface area contributed by atoms with Crippen LogP contribution in [0.25, 0.3) is 0 Å². The Morgan fingerprint density at radius 2 is 1.88 bits per heavy atom. The van der Waals surface area contributed by atoms with E-state index in [2.05, 4.69) is 16.5 Å². The fourth-order valence-corrected chi connectivity index (χ4v) is 2.70. The third-order valence-corrected chi connectivity index (χ3v) is 4.06. The molecule has 0 aliphatic rings. The van der Waals surface area contributed by atoms with Crippen molar-refractivity contribution >= 4 is 5.91 Å². The molecule has 6 heteroatoms. The second-order valence-corrected chi connectivity index (χ2v) is 5.88. The number of hydrogen-bond donors (Lipinski definition) is 2. The van der Waals surface area contributed by atoms with Crippen molar-refractivity contribution in [2.75, 3.05) is 13.1 Å². The van der Waals surface area contributed by atoms with Crippen LogP contribution in [0.3, 0.4) is 0 Å². The SMILES string of the molecule is C=CCN(CCc1ccccc1)C(=O)CCc1c(C)[nH]c(=O)[nH]c1=O. The molecule has 132 valence electrons. The molecule has 0 spiro atoms. The topological polar surface area (TPSA) is 86.0 Å². The number of nitrogens with zero attached hydrogens (tertiary/aromatic N) is 1. The summed E-state index contributed by atoms with van der Waals surface area (Å²) in [5.74, 6) is -0.0409. The summed E-state index contributed by atoms with van der Waals surface area (Å²) in [6, 6.07) is 9.96. The molecular weight excluding hydrogens is 318 g/mol. The van der Waals surface area contributed by atoms with E-state index >= 15 is 0 Å². The maximum Gasteiger partial charge on any atom is 0.325 e. The van der Waals surface area contributed by atoms with Gasteiger partial charge in [0, 0.05) is 30.8 Å². The molecule has 1 amide bonds. The molecule has 0 fully saturated rings. The minimum Gasteiger partial charge on any atom is -0.339 e. The van der Waals surface area contributed by atoms with Crippen molar-refractivity contribution in [3.05, 3.63) is 80.6 Å². The smallest absolute Gasteiger partial charge is 0.325 e. The van der Waals surface area contributed by atoms with Gasteiger partial charge in [-0.05, 0) is 25.3 Å². The maximum atomic E-state index is 12.5. The van der Waals surface area contributed by atoms with E-state index in [1.807, 2.05) is 30.3 Å². The molecular formula is C19H23N3O3. The van der Waals surface area contributed by atoms with Crippen LogP contribution in [0.2, 0.25) is 0 Å². The summed E-state index contributed by atoms with van der Waals surface area (Å²) in [6.07, 6.45) is 2.95. The Hall–Kier alpha value is -2.89. The second kappa shape index (κ2) is 8.82. The number of rotatable bonds is 8. The second-order valence-electron chi connectivity index (χ2n) is 5.88. The van der Waals surface area contributed by atoms with Crippen LogP contribution in [0.15, 0.2) is 52.6 Å². The van der Waals surface area contributed by atoms with Crippen LogP contribution in [-0.2, 0) is 17.6 Å². The van der Waals surface area contributed by atoms with Crippen LogP contribution in [0, 0.1) is 6.92 Å². The third kappa shape index (κ3) is 5.31. The van der Waals surface area contributed by atoms with E-state index in [4.69, 9.17) is 0 Å². The molecule has 0 atom stereocenters. The first-order valence-corrected chi connectivity index (χ1v) is 8.26. The van der Waals surface area contributed by atoms with Crippen molar-refractivity contribution in [3.63, 3.8) is 0 Å². The quantitative estimate of drug-likeness (QED) is 0.715. The zero-order chi connectivity index (χ0) is 18.2. The number of aryl methyl sites for hydroxylation is 1. The number of carbonyl (C=O) groups excluding carboxylic acids is 1. The van der Waals surface area contributed by atoms with Gasteiger partial charge in [0.05, 0.1) is 0 Å². The average Bonchev–Trinajstić information content (AvgIpc) is 2.58. The highest BCUT2D eigenvalue weighted by Crippen LogP contribution is 2.06. The van der Waals surface area contributed by atoms with Gasteiger partial charge < -0.3 is 9.88 Å². The molecule has 0 saturated heterocycles. The molecule has 0 saturated carbocycles. The molecule has 25 heavy (non-hydrogen) atoms. The lowest BCUT2D eigenvalue weighted by Crippen LogP contribution is -2.34. The van der Waals surface area contributed by atoms with Crippen molar-refractivity contribution in [1.82, 2.24) is 14.9 Å². The van der Waals surface area contributed by atoms with Crippen LogP contribution in [-0.4, -0.2) is 33.9 Å². The number of aromatic amines is 2. The molecule has 0 bridgehead atoms. The lowest BCUT2D eigenvalue weighted by Gasteiger charge is -2.21. The molecule has 0 radical (unpaired) electrons. The summed E-state index contributed by atoms with van der Waals surface area (Å²) in [4.78, 5) is 42.1. The number of H-pyrrole nitrogens is 2. The van der Waals surface area contributed by atoms with Gasteiger partial charge in [0.15, 0.2) is 0 Å². The molecule has 0 aliphatic heterocycles. The first-order chi connectivity index (χ1) is 12.0. The van der Waals surface area contributed by atoms with Crippen molar-refractivity contribution in [1.29, 1.82) is 0 Å². The van der Waals surface area contributed by atoms with E-state index in [0.29, 0.717) is 24.3 Å². The number of hydrogen-bond acceptors (Lipinski definition) is 3.